The Morgan fingerprint density at radius 2 is 1.86 bits per heavy atom. The van der Waals surface area contributed by atoms with Crippen molar-refractivity contribution in [3.8, 4) is 11.6 Å². The molecule has 0 bridgehead atoms. The molecule has 0 fully saturated rings. The monoisotopic (exact) mass is 467 g/mol. The molecule has 35 heavy (non-hydrogen) atoms. The fraction of sp³-hybridized carbons (Fsp3) is 0.269. The summed E-state index contributed by atoms with van der Waals surface area (Å²) in [6.45, 7) is 1.14. The summed E-state index contributed by atoms with van der Waals surface area (Å²) >= 11 is 0. The summed E-state index contributed by atoms with van der Waals surface area (Å²) in [5.74, 6) is 1.88. The van der Waals surface area contributed by atoms with Crippen molar-refractivity contribution in [1.29, 1.82) is 0 Å². The number of carbonyl (C=O) groups is 1. The van der Waals surface area contributed by atoms with Crippen LogP contribution < -0.4 is 10.1 Å². The van der Waals surface area contributed by atoms with Crippen LogP contribution in [0.3, 0.4) is 0 Å². The molecular weight excluding hydrogens is 442 g/mol. The van der Waals surface area contributed by atoms with Crippen LogP contribution in [0.2, 0.25) is 0 Å². The minimum absolute atomic E-state index is 0.0573. The third-order valence-electron chi connectivity index (χ3n) is 6.54. The van der Waals surface area contributed by atoms with Crippen LogP contribution in [0.1, 0.15) is 28.1 Å². The van der Waals surface area contributed by atoms with Gasteiger partial charge in [0, 0.05) is 25.1 Å². The van der Waals surface area contributed by atoms with Crippen molar-refractivity contribution in [2.75, 3.05) is 11.9 Å². The van der Waals surface area contributed by atoms with E-state index in [1.54, 1.807) is 0 Å². The zero-order valence-corrected chi connectivity index (χ0v) is 19.1. The Labute approximate surface area is 202 Å². The van der Waals surface area contributed by atoms with Crippen LogP contribution in [0, 0.1) is 0 Å². The molecule has 2 aromatic carbocycles. The number of nitrogens with zero attached hydrogens (tertiary/aromatic N) is 5. The number of benzene rings is 2. The molecule has 9 heteroatoms. The molecule has 4 aromatic rings. The third kappa shape index (κ3) is 4.70. The first-order valence-corrected chi connectivity index (χ1v) is 11.8. The zero-order chi connectivity index (χ0) is 23.6. The fourth-order valence-corrected chi connectivity index (χ4v) is 4.79. The smallest absolute Gasteiger partial charge is 0.227 e. The van der Waals surface area contributed by atoms with E-state index in [9.17, 15) is 4.79 Å². The first-order valence-electron chi connectivity index (χ1n) is 11.8. The average Bonchev–Trinajstić information content (AvgIpc) is 3.50. The molecule has 3 heterocycles. The molecule has 0 saturated heterocycles. The van der Waals surface area contributed by atoms with Crippen LogP contribution in [0.5, 0.6) is 11.6 Å². The van der Waals surface area contributed by atoms with Gasteiger partial charge in [0.15, 0.2) is 0 Å². The van der Waals surface area contributed by atoms with Crippen molar-refractivity contribution >= 4 is 11.7 Å². The highest BCUT2D eigenvalue weighted by atomic mass is 16.5. The highest BCUT2D eigenvalue weighted by Gasteiger charge is 2.24. The number of H-pyrrole nitrogens is 1. The largest absolute Gasteiger partial charge is 0.439 e. The van der Waals surface area contributed by atoms with E-state index in [4.69, 9.17) is 4.74 Å². The fourth-order valence-electron chi connectivity index (χ4n) is 4.79. The SMILES string of the molecule is O=C(Cc1cccc(Oc2cc(NC3Cc4ccccc4C3)ncn2)c1)N1CCc2n[nH]nc2C1. The summed E-state index contributed by atoms with van der Waals surface area (Å²) in [6.07, 6.45) is 4.46. The first kappa shape index (κ1) is 21.3. The van der Waals surface area contributed by atoms with E-state index >= 15 is 0 Å². The second-order valence-electron chi connectivity index (χ2n) is 8.97. The number of ether oxygens (including phenoxy) is 1. The molecule has 176 valence electrons. The van der Waals surface area contributed by atoms with Crippen LogP contribution in [0.4, 0.5) is 5.82 Å². The topological polar surface area (TPSA) is 109 Å². The first-order chi connectivity index (χ1) is 17.2. The van der Waals surface area contributed by atoms with E-state index in [0.29, 0.717) is 37.2 Å². The van der Waals surface area contributed by atoms with Gasteiger partial charge in [-0.3, -0.25) is 4.79 Å². The van der Waals surface area contributed by atoms with E-state index in [2.05, 4.69) is 55.0 Å². The maximum Gasteiger partial charge on any atom is 0.227 e. The molecular formula is C26H25N7O2. The van der Waals surface area contributed by atoms with Gasteiger partial charge in [-0.2, -0.15) is 15.4 Å². The molecule has 9 nitrogen and oxygen atoms in total. The Bertz CT molecular complexity index is 1340. The summed E-state index contributed by atoms with van der Waals surface area (Å²) in [4.78, 5) is 23.3. The minimum Gasteiger partial charge on any atom is -0.439 e. The Balaban J connectivity index is 1.08. The van der Waals surface area contributed by atoms with E-state index in [1.165, 1.54) is 17.5 Å². The van der Waals surface area contributed by atoms with Crippen LogP contribution in [-0.2, 0) is 37.0 Å². The van der Waals surface area contributed by atoms with Crippen LogP contribution in [-0.4, -0.2) is 48.8 Å². The highest BCUT2D eigenvalue weighted by Crippen LogP contribution is 2.26. The van der Waals surface area contributed by atoms with Gasteiger partial charge in [0.1, 0.15) is 23.6 Å². The van der Waals surface area contributed by atoms with Gasteiger partial charge in [-0.05, 0) is 41.7 Å². The minimum atomic E-state index is 0.0573. The van der Waals surface area contributed by atoms with Crippen molar-refractivity contribution in [3.63, 3.8) is 0 Å². The normalized spacial score (nSPS) is 14.9. The molecule has 0 saturated carbocycles. The molecule has 0 atom stereocenters. The highest BCUT2D eigenvalue weighted by molar-refractivity contribution is 5.79. The molecule has 2 N–H and O–H groups in total. The summed E-state index contributed by atoms with van der Waals surface area (Å²) in [6, 6.07) is 18.2. The molecule has 1 aliphatic heterocycles. The van der Waals surface area contributed by atoms with Gasteiger partial charge in [0.05, 0.1) is 18.7 Å². The van der Waals surface area contributed by atoms with Crippen molar-refractivity contribution in [2.24, 2.45) is 0 Å². The molecule has 0 radical (unpaired) electrons. The Hall–Kier alpha value is -4.27. The summed E-state index contributed by atoms with van der Waals surface area (Å²) in [7, 11) is 0. The number of hydrogen-bond acceptors (Lipinski definition) is 7. The quantitative estimate of drug-likeness (QED) is 0.448. The zero-order valence-electron chi connectivity index (χ0n) is 19.1. The van der Waals surface area contributed by atoms with Crippen molar-refractivity contribution < 1.29 is 9.53 Å². The van der Waals surface area contributed by atoms with Crippen molar-refractivity contribution in [1.82, 2.24) is 30.3 Å². The van der Waals surface area contributed by atoms with Gasteiger partial charge in [0.2, 0.25) is 11.8 Å². The van der Waals surface area contributed by atoms with Gasteiger partial charge in [-0.1, -0.05) is 36.4 Å². The Kier molecular flexibility index (Phi) is 5.57. The molecule has 1 aliphatic carbocycles. The summed E-state index contributed by atoms with van der Waals surface area (Å²) in [5, 5.41) is 14.4. The van der Waals surface area contributed by atoms with Gasteiger partial charge in [-0.25, -0.2) is 9.97 Å². The lowest BCUT2D eigenvalue weighted by Crippen LogP contribution is -2.37. The van der Waals surface area contributed by atoms with E-state index in [0.717, 1.165) is 42.0 Å². The number of anilines is 1. The molecule has 0 spiro atoms. The second-order valence-corrected chi connectivity index (χ2v) is 8.97. The number of amides is 1. The Morgan fingerprint density at radius 1 is 1.03 bits per heavy atom. The maximum absolute atomic E-state index is 12.9. The lowest BCUT2D eigenvalue weighted by atomic mass is 10.1. The molecule has 2 aliphatic rings. The standard InChI is InChI=1S/C26H25N7O2/c34-26(33-9-8-22-23(15-33)31-32-30-22)11-17-4-3-7-21(10-17)35-25-14-24(27-16-28-25)29-20-12-18-5-1-2-6-19(18)13-20/h1-7,10,14,16,20H,8-9,11-13,15H2,(H,27,28,29)(H,30,31,32). The van der Waals surface area contributed by atoms with E-state index < -0.39 is 0 Å². The Morgan fingerprint density at radius 3 is 2.71 bits per heavy atom. The number of aromatic nitrogens is 5. The number of fused-ring (bicyclic) bond motifs is 2. The molecule has 1 amide bonds. The van der Waals surface area contributed by atoms with Crippen molar-refractivity contribution in [3.05, 3.63) is 89.0 Å². The van der Waals surface area contributed by atoms with Crippen LogP contribution in [0.25, 0.3) is 0 Å². The number of hydrogen-bond donors (Lipinski definition) is 2. The number of rotatable bonds is 6. The van der Waals surface area contributed by atoms with Crippen LogP contribution in [0.15, 0.2) is 60.9 Å². The third-order valence-corrected chi connectivity index (χ3v) is 6.54. The van der Waals surface area contributed by atoms with Crippen LogP contribution >= 0.6 is 0 Å². The predicted octanol–water partition coefficient (Wildman–Crippen LogP) is 3.09. The van der Waals surface area contributed by atoms with Gasteiger partial charge < -0.3 is 15.0 Å². The summed E-state index contributed by atoms with van der Waals surface area (Å²) < 4.78 is 6.01. The predicted molar refractivity (Wildman–Crippen MR) is 129 cm³/mol. The average molecular weight is 468 g/mol. The number of nitrogens with one attached hydrogen (secondary N) is 2. The lowest BCUT2D eigenvalue weighted by molar-refractivity contribution is -0.131. The summed E-state index contributed by atoms with van der Waals surface area (Å²) in [5.41, 5.74) is 5.44. The second kappa shape index (κ2) is 9.17. The molecule has 6 rings (SSSR count). The van der Waals surface area contributed by atoms with Crippen molar-refractivity contribution in [2.45, 2.75) is 38.3 Å². The van der Waals surface area contributed by atoms with Gasteiger partial charge >= 0.3 is 0 Å². The maximum atomic E-state index is 12.9. The lowest BCUT2D eigenvalue weighted by Gasteiger charge is -2.25. The van der Waals surface area contributed by atoms with Gasteiger partial charge in [0.25, 0.3) is 0 Å². The van der Waals surface area contributed by atoms with Gasteiger partial charge in [-0.15, -0.1) is 0 Å². The molecule has 0 unspecified atom stereocenters. The number of aromatic amines is 1. The number of carbonyl (C=O) groups excluding carboxylic acids is 1. The molecule has 2 aromatic heterocycles. The van der Waals surface area contributed by atoms with E-state index in [-0.39, 0.29) is 5.91 Å². The van der Waals surface area contributed by atoms with E-state index in [1.807, 2.05) is 35.2 Å².